The molecular weight excluding hydrogens is 252 g/mol. The molecule has 6 heteroatoms. The fourth-order valence-electron chi connectivity index (χ4n) is 2.34. The molecular formula is C12H20F4O2. The van der Waals surface area contributed by atoms with Crippen LogP contribution in [0, 0.1) is 5.92 Å². The first-order valence-electron chi connectivity index (χ1n) is 6.33. The number of alkyl halides is 4. The van der Waals surface area contributed by atoms with E-state index in [1.165, 1.54) is 0 Å². The zero-order chi connectivity index (χ0) is 13.8. The molecule has 108 valence electrons. The normalized spacial score (nSPS) is 31.3. The lowest BCUT2D eigenvalue weighted by Gasteiger charge is -2.35. The molecule has 0 amide bonds. The minimum absolute atomic E-state index is 0.0611. The Bertz CT molecular complexity index is 245. The number of halogens is 4. The molecule has 0 aromatic carbocycles. The molecule has 18 heavy (non-hydrogen) atoms. The Balaban J connectivity index is 2.50. The van der Waals surface area contributed by atoms with Crippen LogP contribution in [-0.4, -0.2) is 31.3 Å². The van der Waals surface area contributed by atoms with Gasteiger partial charge in [0.15, 0.2) is 0 Å². The smallest absolute Gasteiger partial charge is 0.378 e. The molecule has 0 spiro atoms. The zero-order valence-corrected chi connectivity index (χ0v) is 10.7. The average molecular weight is 272 g/mol. The van der Waals surface area contributed by atoms with Gasteiger partial charge in [0.1, 0.15) is 6.17 Å². The lowest BCUT2D eigenvalue weighted by molar-refractivity contribution is -0.348. The molecule has 1 fully saturated rings. The number of rotatable bonds is 5. The largest absolute Gasteiger partial charge is 0.522 e. The van der Waals surface area contributed by atoms with Gasteiger partial charge in [0, 0.05) is 12.5 Å². The van der Waals surface area contributed by atoms with Crippen molar-refractivity contribution in [3.8, 4) is 0 Å². The van der Waals surface area contributed by atoms with Gasteiger partial charge >= 0.3 is 6.36 Å². The highest BCUT2D eigenvalue weighted by Crippen LogP contribution is 2.35. The van der Waals surface area contributed by atoms with Crippen LogP contribution in [0.3, 0.4) is 0 Å². The second-order valence-electron chi connectivity index (χ2n) is 4.75. The first kappa shape index (κ1) is 15.7. The van der Waals surface area contributed by atoms with Crippen molar-refractivity contribution in [1.29, 1.82) is 0 Å². The summed E-state index contributed by atoms with van der Waals surface area (Å²) in [5.41, 5.74) is 0. The van der Waals surface area contributed by atoms with Gasteiger partial charge in [0.2, 0.25) is 0 Å². The standard InChI is InChI=1S/C12H20F4O2/c1-3-6-17-8(2)10-7-9(4-5-11(10)13)18-12(14,15)16/h8-11H,3-7H2,1-2H3. The van der Waals surface area contributed by atoms with E-state index >= 15 is 0 Å². The number of ether oxygens (including phenoxy) is 2. The summed E-state index contributed by atoms with van der Waals surface area (Å²) in [5.74, 6) is -0.516. The summed E-state index contributed by atoms with van der Waals surface area (Å²) in [4.78, 5) is 0. The minimum Gasteiger partial charge on any atom is -0.378 e. The number of hydrogen-bond acceptors (Lipinski definition) is 2. The van der Waals surface area contributed by atoms with E-state index in [9.17, 15) is 17.6 Å². The molecule has 1 rings (SSSR count). The molecule has 0 aromatic rings. The van der Waals surface area contributed by atoms with E-state index in [-0.39, 0.29) is 25.4 Å². The SMILES string of the molecule is CCCOC(C)C1CC(OC(F)(F)F)CCC1F. The molecule has 0 saturated heterocycles. The van der Waals surface area contributed by atoms with Gasteiger partial charge in [-0.15, -0.1) is 13.2 Å². The Hall–Kier alpha value is -0.360. The van der Waals surface area contributed by atoms with Crippen LogP contribution >= 0.6 is 0 Å². The van der Waals surface area contributed by atoms with Gasteiger partial charge in [0.05, 0.1) is 12.2 Å². The summed E-state index contributed by atoms with van der Waals surface area (Å²) in [6.45, 7) is 4.13. The van der Waals surface area contributed by atoms with Crippen LogP contribution in [0.25, 0.3) is 0 Å². The molecule has 1 aliphatic rings. The van der Waals surface area contributed by atoms with Crippen molar-refractivity contribution in [3.05, 3.63) is 0 Å². The second-order valence-corrected chi connectivity index (χ2v) is 4.75. The van der Waals surface area contributed by atoms with Gasteiger partial charge in [0.25, 0.3) is 0 Å². The van der Waals surface area contributed by atoms with Crippen molar-refractivity contribution in [2.75, 3.05) is 6.61 Å². The molecule has 0 radical (unpaired) electrons. The fraction of sp³-hybridized carbons (Fsp3) is 1.00. The summed E-state index contributed by atoms with van der Waals surface area (Å²) in [6, 6.07) is 0. The van der Waals surface area contributed by atoms with Crippen LogP contribution in [0.5, 0.6) is 0 Å². The van der Waals surface area contributed by atoms with Crippen molar-refractivity contribution in [2.24, 2.45) is 5.92 Å². The first-order valence-corrected chi connectivity index (χ1v) is 6.33. The number of hydrogen-bond donors (Lipinski definition) is 0. The molecule has 0 heterocycles. The second kappa shape index (κ2) is 6.70. The van der Waals surface area contributed by atoms with E-state index in [1.54, 1.807) is 6.92 Å². The van der Waals surface area contributed by atoms with Crippen molar-refractivity contribution >= 4 is 0 Å². The highest BCUT2D eigenvalue weighted by atomic mass is 19.4. The van der Waals surface area contributed by atoms with Crippen molar-refractivity contribution in [2.45, 2.75) is 64.3 Å². The van der Waals surface area contributed by atoms with Gasteiger partial charge in [-0.1, -0.05) is 6.92 Å². The van der Waals surface area contributed by atoms with Crippen molar-refractivity contribution in [1.82, 2.24) is 0 Å². The van der Waals surface area contributed by atoms with E-state index in [1.807, 2.05) is 6.92 Å². The van der Waals surface area contributed by atoms with Crippen LogP contribution < -0.4 is 0 Å². The van der Waals surface area contributed by atoms with E-state index in [4.69, 9.17) is 4.74 Å². The Morgan fingerprint density at radius 1 is 1.28 bits per heavy atom. The van der Waals surface area contributed by atoms with E-state index in [0.29, 0.717) is 6.61 Å². The van der Waals surface area contributed by atoms with Crippen LogP contribution in [0.2, 0.25) is 0 Å². The van der Waals surface area contributed by atoms with Gasteiger partial charge in [-0.05, 0) is 32.6 Å². The predicted octanol–water partition coefficient (Wildman–Crippen LogP) is 3.84. The van der Waals surface area contributed by atoms with Gasteiger partial charge < -0.3 is 4.74 Å². The topological polar surface area (TPSA) is 18.5 Å². The van der Waals surface area contributed by atoms with Gasteiger partial charge in [-0.3, -0.25) is 4.74 Å². The zero-order valence-electron chi connectivity index (χ0n) is 10.7. The Labute approximate surface area is 105 Å². The first-order chi connectivity index (χ1) is 8.33. The highest BCUT2D eigenvalue weighted by Gasteiger charge is 2.40. The Kier molecular flexibility index (Phi) is 5.85. The molecule has 2 nitrogen and oxygen atoms in total. The third kappa shape index (κ3) is 5.10. The summed E-state index contributed by atoms with van der Waals surface area (Å²) in [6.07, 6.45) is -6.00. The van der Waals surface area contributed by atoms with Crippen molar-refractivity contribution < 1.29 is 27.0 Å². The summed E-state index contributed by atoms with van der Waals surface area (Å²) >= 11 is 0. The molecule has 0 aromatic heterocycles. The molecule has 1 aliphatic carbocycles. The van der Waals surface area contributed by atoms with Gasteiger partial charge in [-0.2, -0.15) is 0 Å². The maximum absolute atomic E-state index is 13.7. The average Bonchev–Trinajstić information content (AvgIpc) is 2.26. The van der Waals surface area contributed by atoms with Crippen LogP contribution in [-0.2, 0) is 9.47 Å². The Morgan fingerprint density at radius 2 is 1.94 bits per heavy atom. The molecule has 1 saturated carbocycles. The minimum atomic E-state index is -4.65. The lowest BCUT2D eigenvalue weighted by Crippen LogP contribution is -2.39. The quantitative estimate of drug-likeness (QED) is 0.708. The van der Waals surface area contributed by atoms with E-state index < -0.39 is 24.6 Å². The highest BCUT2D eigenvalue weighted by molar-refractivity contribution is 4.84. The monoisotopic (exact) mass is 272 g/mol. The predicted molar refractivity (Wildman–Crippen MR) is 58.9 cm³/mol. The molecule has 4 atom stereocenters. The van der Waals surface area contributed by atoms with Crippen LogP contribution in [0.1, 0.15) is 39.5 Å². The summed E-state index contributed by atoms with van der Waals surface area (Å²) in [5, 5.41) is 0. The van der Waals surface area contributed by atoms with Crippen LogP contribution in [0.15, 0.2) is 0 Å². The van der Waals surface area contributed by atoms with Gasteiger partial charge in [-0.25, -0.2) is 4.39 Å². The fourth-order valence-corrected chi connectivity index (χ4v) is 2.34. The van der Waals surface area contributed by atoms with E-state index in [0.717, 1.165) is 6.42 Å². The van der Waals surface area contributed by atoms with E-state index in [2.05, 4.69) is 4.74 Å². The maximum Gasteiger partial charge on any atom is 0.522 e. The lowest BCUT2D eigenvalue weighted by atomic mass is 9.82. The Morgan fingerprint density at radius 3 is 2.50 bits per heavy atom. The van der Waals surface area contributed by atoms with Crippen LogP contribution in [0.4, 0.5) is 17.6 Å². The third-order valence-electron chi connectivity index (χ3n) is 3.25. The molecule has 0 N–H and O–H groups in total. The molecule has 0 aliphatic heterocycles. The molecule has 4 unspecified atom stereocenters. The third-order valence-corrected chi connectivity index (χ3v) is 3.25. The van der Waals surface area contributed by atoms with Crippen molar-refractivity contribution in [3.63, 3.8) is 0 Å². The molecule has 0 bridgehead atoms. The summed E-state index contributed by atoms with van der Waals surface area (Å²) < 4.78 is 59.5. The maximum atomic E-state index is 13.7. The summed E-state index contributed by atoms with van der Waals surface area (Å²) in [7, 11) is 0.